The zero-order chi connectivity index (χ0) is 28.6. The molecule has 204 valence electrons. The molecular weight excluding hydrogens is 530 g/mol. The van der Waals surface area contributed by atoms with Gasteiger partial charge in [-0.3, -0.25) is 4.98 Å². The molecule has 0 saturated heterocycles. The lowest BCUT2D eigenvalue weighted by molar-refractivity contribution is 0.378. The highest BCUT2D eigenvalue weighted by molar-refractivity contribution is 7.90. The van der Waals surface area contributed by atoms with Crippen LogP contribution in [0.25, 0.3) is 22.2 Å². The molecule has 4 aromatic carbocycles. The van der Waals surface area contributed by atoms with E-state index >= 15 is 0 Å². The summed E-state index contributed by atoms with van der Waals surface area (Å²) in [5.41, 5.74) is 5.20. The Hall–Kier alpha value is -4.75. The Kier molecular flexibility index (Phi) is 6.67. The molecule has 0 amide bonds. The van der Waals surface area contributed by atoms with E-state index in [-0.39, 0.29) is 0 Å². The first-order valence-corrected chi connectivity index (χ1v) is 15.1. The van der Waals surface area contributed by atoms with Crippen molar-refractivity contribution >= 4 is 20.7 Å². The van der Waals surface area contributed by atoms with Gasteiger partial charge in [0.15, 0.2) is 9.84 Å². The molecule has 0 aliphatic rings. The topological polar surface area (TPSA) is 74.1 Å². The number of hydrogen-bond acceptors (Lipinski definition) is 5. The summed E-state index contributed by atoms with van der Waals surface area (Å²) < 4.78 is 32.5. The predicted molar refractivity (Wildman–Crippen MR) is 162 cm³/mol. The van der Waals surface area contributed by atoms with E-state index in [0.29, 0.717) is 22.0 Å². The maximum Gasteiger partial charge on any atom is 0.242 e. The number of pyridine rings is 1. The molecule has 2 aromatic heterocycles. The van der Waals surface area contributed by atoms with Crippen LogP contribution in [0, 0.1) is 6.92 Å². The van der Waals surface area contributed by atoms with Gasteiger partial charge in [-0.25, -0.2) is 13.1 Å². The van der Waals surface area contributed by atoms with Gasteiger partial charge in [0, 0.05) is 18.0 Å². The molecule has 7 heteroatoms. The van der Waals surface area contributed by atoms with Crippen LogP contribution in [0.2, 0.25) is 0 Å². The molecule has 0 aliphatic heterocycles. The average Bonchev–Trinajstić information content (AvgIpc) is 3.38. The molecule has 0 bridgehead atoms. The summed E-state index contributed by atoms with van der Waals surface area (Å²) >= 11 is 0. The molecule has 0 N–H and O–H groups in total. The van der Waals surface area contributed by atoms with Crippen molar-refractivity contribution in [2.45, 2.75) is 17.4 Å². The first kappa shape index (κ1) is 26.5. The Morgan fingerprint density at radius 3 is 1.76 bits per heavy atom. The summed E-state index contributed by atoms with van der Waals surface area (Å²) in [6.45, 7) is 1.80. The quantitative estimate of drug-likeness (QED) is 0.205. The van der Waals surface area contributed by atoms with Crippen LogP contribution >= 0.6 is 0 Å². The molecule has 0 aliphatic carbocycles. The summed E-state index contributed by atoms with van der Waals surface area (Å²) in [5.74, 6) is 0.431. The number of sulfone groups is 1. The highest BCUT2D eigenvalue weighted by atomic mass is 32.2. The number of methoxy groups -OCH3 is 1. The van der Waals surface area contributed by atoms with Crippen molar-refractivity contribution in [2.75, 3.05) is 13.4 Å². The summed E-state index contributed by atoms with van der Waals surface area (Å²) in [5, 5.41) is 5.88. The Labute approximate surface area is 239 Å². The molecule has 0 unspecified atom stereocenters. The second kappa shape index (κ2) is 10.3. The minimum atomic E-state index is -3.36. The van der Waals surface area contributed by atoms with Crippen molar-refractivity contribution in [1.29, 1.82) is 0 Å². The van der Waals surface area contributed by atoms with E-state index in [9.17, 15) is 8.42 Å². The van der Waals surface area contributed by atoms with Crippen LogP contribution in [-0.2, 0) is 15.4 Å². The molecule has 6 aromatic rings. The van der Waals surface area contributed by atoms with E-state index in [1.807, 2.05) is 71.4 Å². The lowest BCUT2D eigenvalue weighted by Crippen LogP contribution is -2.38. The smallest absolute Gasteiger partial charge is 0.242 e. The van der Waals surface area contributed by atoms with Crippen molar-refractivity contribution in [1.82, 2.24) is 14.8 Å². The third kappa shape index (κ3) is 4.39. The summed E-state index contributed by atoms with van der Waals surface area (Å²) in [6.07, 6.45) is 2.98. The van der Waals surface area contributed by atoms with E-state index in [1.54, 1.807) is 32.4 Å². The lowest BCUT2D eigenvalue weighted by atomic mass is 9.77. The molecule has 6 nitrogen and oxygen atoms in total. The third-order valence-electron chi connectivity index (χ3n) is 7.50. The number of nitrogens with zero attached hydrogens (tertiary/aromatic N) is 3. The fraction of sp³-hybridized carbons (Fsp3) is 0.118. The van der Waals surface area contributed by atoms with Gasteiger partial charge >= 0.3 is 0 Å². The van der Waals surface area contributed by atoms with Crippen LogP contribution in [0.3, 0.4) is 0 Å². The number of rotatable bonds is 7. The van der Waals surface area contributed by atoms with E-state index in [2.05, 4.69) is 36.4 Å². The molecule has 0 saturated carbocycles. The molecule has 41 heavy (non-hydrogen) atoms. The first-order valence-electron chi connectivity index (χ1n) is 13.3. The second-order valence-corrected chi connectivity index (χ2v) is 12.0. The van der Waals surface area contributed by atoms with Crippen molar-refractivity contribution in [3.05, 3.63) is 144 Å². The van der Waals surface area contributed by atoms with Crippen molar-refractivity contribution in [2.24, 2.45) is 0 Å². The highest BCUT2D eigenvalue weighted by Gasteiger charge is 2.41. The van der Waals surface area contributed by atoms with E-state index in [4.69, 9.17) is 14.8 Å². The Balaban J connectivity index is 1.72. The molecule has 0 radical (unpaired) electrons. The van der Waals surface area contributed by atoms with Gasteiger partial charge in [-0.1, -0.05) is 97.1 Å². The van der Waals surface area contributed by atoms with Gasteiger partial charge in [0.05, 0.1) is 28.6 Å². The van der Waals surface area contributed by atoms with Gasteiger partial charge in [0.1, 0.15) is 5.54 Å². The zero-order valence-corrected chi connectivity index (χ0v) is 23.8. The van der Waals surface area contributed by atoms with Crippen LogP contribution in [0.4, 0.5) is 0 Å². The van der Waals surface area contributed by atoms with E-state index in [0.717, 1.165) is 33.2 Å². The van der Waals surface area contributed by atoms with Gasteiger partial charge in [-0.2, -0.15) is 0 Å². The van der Waals surface area contributed by atoms with E-state index in [1.165, 1.54) is 6.26 Å². The molecule has 0 atom stereocenters. The van der Waals surface area contributed by atoms with E-state index < -0.39 is 15.4 Å². The van der Waals surface area contributed by atoms with Crippen LogP contribution in [0.15, 0.2) is 126 Å². The highest BCUT2D eigenvalue weighted by Crippen LogP contribution is 2.45. The number of aromatic nitrogens is 3. The standard InChI is InChI=1S/C34H29N3O3S/c1-24-23-25(19-20-30(24)41(3,38)39)32-31-29(21-22-35-32)37(36-33(31)40-2)34(26-13-7-4-8-14-26,27-15-9-5-10-16-27)28-17-11-6-12-18-28/h4-23H,1-3H3. The summed E-state index contributed by atoms with van der Waals surface area (Å²) in [4.78, 5) is 5.05. The van der Waals surface area contributed by atoms with Crippen LogP contribution in [0.1, 0.15) is 22.3 Å². The SMILES string of the molecule is COc1nn(C(c2ccccc2)(c2ccccc2)c2ccccc2)c2ccnc(-c3ccc(S(C)(=O)=O)c(C)c3)c12. The van der Waals surface area contributed by atoms with Gasteiger partial charge in [-0.05, 0) is 47.4 Å². The minimum absolute atomic E-state index is 0.298. The molecule has 2 heterocycles. The number of aryl methyl sites for hydroxylation is 1. The van der Waals surface area contributed by atoms with Crippen LogP contribution in [0.5, 0.6) is 5.88 Å². The number of ether oxygens (including phenoxy) is 1. The van der Waals surface area contributed by atoms with Crippen molar-refractivity contribution < 1.29 is 13.2 Å². The molecular formula is C34H29N3O3S. The second-order valence-electron chi connectivity index (χ2n) is 10.0. The molecule has 0 fully saturated rings. The number of benzene rings is 4. The number of hydrogen-bond donors (Lipinski definition) is 0. The van der Waals surface area contributed by atoms with Crippen LogP contribution < -0.4 is 4.74 Å². The largest absolute Gasteiger partial charge is 0.479 e. The van der Waals surface area contributed by atoms with Gasteiger partial charge in [0.25, 0.3) is 0 Å². The maximum atomic E-state index is 12.3. The zero-order valence-electron chi connectivity index (χ0n) is 23.0. The van der Waals surface area contributed by atoms with Crippen molar-refractivity contribution in [3.63, 3.8) is 0 Å². The van der Waals surface area contributed by atoms with Gasteiger partial charge < -0.3 is 4.74 Å². The van der Waals surface area contributed by atoms with Gasteiger partial charge in [0.2, 0.25) is 5.88 Å². The molecule has 6 rings (SSSR count). The third-order valence-corrected chi connectivity index (χ3v) is 8.75. The van der Waals surface area contributed by atoms with Crippen molar-refractivity contribution in [3.8, 4) is 17.1 Å². The average molecular weight is 560 g/mol. The predicted octanol–water partition coefficient (Wildman–Crippen LogP) is 6.66. The lowest BCUT2D eigenvalue weighted by Gasteiger charge is -2.36. The fourth-order valence-corrected chi connectivity index (χ4v) is 6.73. The monoisotopic (exact) mass is 559 g/mol. The van der Waals surface area contributed by atoms with Gasteiger partial charge in [-0.15, -0.1) is 5.10 Å². The summed E-state index contributed by atoms with van der Waals surface area (Å²) in [7, 11) is -1.75. The number of fused-ring (bicyclic) bond motifs is 1. The summed E-state index contributed by atoms with van der Waals surface area (Å²) in [6, 6.07) is 38.2. The fourth-order valence-electron chi connectivity index (χ4n) is 5.77. The Morgan fingerprint density at radius 2 is 1.29 bits per heavy atom. The minimum Gasteiger partial charge on any atom is -0.479 e. The Morgan fingerprint density at radius 1 is 0.756 bits per heavy atom. The normalized spacial score (nSPS) is 12.0. The molecule has 0 spiro atoms. The van der Waals surface area contributed by atoms with Crippen LogP contribution in [-0.4, -0.2) is 36.5 Å². The first-order chi connectivity index (χ1) is 19.9. The maximum absolute atomic E-state index is 12.3. The Bertz CT molecular complexity index is 1860.